The summed E-state index contributed by atoms with van der Waals surface area (Å²) < 4.78 is 4.11. The van der Waals surface area contributed by atoms with Crippen LogP contribution in [0.5, 0.6) is 0 Å². The molecular weight excluding hydrogens is 426 g/mol. The van der Waals surface area contributed by atoms with Crippen LogP contribution >= 0.6 is 0 Å². The Morgan fingerprint density at radius 1 is 0.794 bits per heavy atom. The van der Waals surface area contributed by atoms with Crippen molar-refractivity contribution in [2.45, 2.75) is 90.1 Å². The Balaban J connectivity index is 1.15. The van der Waals surface area contributed by atoms with Gasteiger partial charge < -0.3 is 10.7 Å². The standard InChI is InChI=1S/C25H37N9/c26-25-27-23-11-19(13-33-15-21(29-31-33)9-17-5-1-2-6-17)20(12-24(23)28-25)14-34-16-22(30-32-34)10-18-7-3-4-8-18/h15-20H,1-14H2,(H3,26,27,28)/t19-,20-/m0/s1. The van der Waals surface area contributed by atoms with Crippen LogP contribution in [-0.4, -0.2) is 40.0 Å². The molecule has 2 saturated carbocycles. The van der Waals surface area contributed by atoms with Crippen molar-refractivity contribution in [1.82, 2.24) is 40.0 Å². The molecule has 0 aromatic carbocycles. The van der Waals surface area contributed by atoms with E-state index in [1.807, 2.05) is 0 Å². The maximum Gasteiger partial charge on any atom is 0.197 e. The van der Waals surface area contributed by atoms with Crippen LogP contribution in [0.2, 0.25) is 0 Å². The molecule has 0 unspecified atom stereocenters. The van der Waals surface area contributed by atoms with Crippen molar-refractivity contribution < 1.29 is 0 Å². The average molecular weight is 464 g/mol. The zero-order valence-electron chi connectivity index (χ0n) is 20.1. The monoisotopic (exact) mass is 463 g/mol. The van der Waals surface area contributed by atoms with Crippen molar-refractivity contribution in [1.29, 1.82) is 0 Å². The second-order valence-electron chi connectivity index (χ2n) is 11.0. The summed E-state index contributed by atoms with van der Waals surface area (Å²) in [5, 5.41) is 18.0. The van der Waals surface area contributed by atoms with Crippen LogP contribution in [0.25, 0.3) is 0 Å². The van der Waals surface area contributed by atoms with Crippen LogP contribution < -0.4 is 5.73 Å². The lowest BCUT2D eigenvalue weighted by Gasteiger charge is -2.30. The maximum atomic E-state index is 5.99. The highest BCUT2D eigenvalue weighted by molar-refractivity contribution is 5.28. The number of H-pyrrole nitrogens is 1. The highest BCUT2D eigenvalue weighted by atomic mass is 15.4. The van der Waals surface area contributed by atoms with Gasteiger partial charge in [-0.25, -0.2) is 4.98 Å². The van der Waals surface area contributed by atoms with E-state index < -0.39 is 0 Å². The van der Waals surface area contributed by atoms with Gasteiger partial charge in [-0.1, -0.05) is 61.8 Å². The first-order chi connectivity index (χ1) is 16.7. The van der Waals surface area contributed by atoms with E-state index >= 15 is 0 Å². The number of nitrogens with zero attached hydrogens (tertiary/aromatic N) is 7. The van der Waals surface area contributed by atoms with Gasteiger partial charge in [0.1, 0.15) is 0 Å². The number of aromatic amines is 1. The minimum absolute atomic E-state index is 0.402. The Labute approximate surface area is 200 Å². The van der Waals surface area contributed by atoms with E-state index in [-0.39, 0.29) is 0 Å². The highest BCUT2D eigenvalue weighted by Gasteiger charge is 2.32. The minimum atomic E-state index is 0.402. The van der Waals surface area contributed by atoms with Gasteiger partial charge in [-0.3, -0.25) is 9.36 Å². The Hall–Kier alpha value is -2.71. The van der Waals surface area contributed by atoms with Gasteiger partial charge in [0.05, 0.1) is 17.1 Å². The summed E-state index contributed by atoms with van der Waals surface area (Å²) in [5.74, 6) is 2.90. The van der Waals surface area contributed by atoms with Crippen molar-refractivity contribution in [3.8, 4) is 0 Å². The summed E-state index contributed by atoms with van der Waals surface area (Å²) in [6.07, 6.45) is 19.1. The maximum absolute atomic E-state index is 5.99. The molecule has 3 aromatic rings. The second-order valence-corrected chi connectivity index (χ2v) is 11.0. The number of nitrogens with two attached hydrogens (primary N) is 1. The molecule has 3 N–H and O–H groups in total. The molecule has 9 heteroatoms. The quantitative estimate of drug-likeness (QED) is 0.529. The molecule has 34 heavy (non-hydrogen) atoms. The molecule has 0 aliphatic heterocycles. The lowest BCUT2D eigenvalue weighted by atomic mass is 9.79. The molecule has 0 saturated heterocycles. The highest BCUT2D eigenvalue weighted by Crippen LogP contribution is 2.33. The molecule has 0 spiro atoms. The van der Waals surface area contributed by atoms with Gasteiger partial charge >= 0.3 is 0 Å². The van der Waals surface area contributed by atoms with Crippen molar-refractivity contribution in [2.24, 2.45) is 23.7 Å². The van der Waals surface area contributed by atoms with Crippen LogP contribution in [0, 0.1) is 23.7 Å². The van der Waals surface area contributed by atoms with Crippen LogP contribution in [0.15, 0.2) is 12.4 Å². The third-order valence-corrected chi connectivity index (χ3v) is 8.43. The van der Waals surface area contributed by atoms with E-state index in [0.29, 0.717) is 17.8 Å². The van der Waals surface area contributed by atoms with Gasteiger partial charge in [0.15, 0.2) is 5.95 Å². The smallest absolute Gasteiger partial charge is 0.197 e. The summed E-state index contributed by atoms with van der Waals surface area (Å²) in [7, 11) is 0. The Morgan fingerprint density at radius 2 is 1.32 bits per heavy atom. The SMILES string of the molecule is Nc1nc2c([nH]1)C[C@@H](Cn1cc(CC3CCCC3)nn1)[C@H](Cn1cc(CC3CCCC3)nn1)C2. The number of hydrogen-bond acceptors (Lipinski definition) is 6. The Kier molecular flexibility index (Phi) is 6.09. The molecule has 6 rings (SSSR count). The topological polar surface area (TPSA) is 116 Å². The summed E-state index contributed by atoms with van der Waals surface area (Å²) in [5.41, 5.74) is 10.5. The molecule has 0 radical (unpaired) electrons. The van der Waals surface area contributed by atoms with E-state index in [1.54, 1.807) is 0 Å². The van der Waals surface area contributed by atoms with Gasteiger partial charge in [-0.15, -0.1) is 10.2 Å². The number of nitrogen functional groups attached to an aromatic ring is 1. The number of nitrogens with one attached hydrogen (secondary N) is 1. The normalized spacial score (nSPS) is 23.6. The Morgan fingerprint density at radius 3 is 1.88 bits per heavy atom. The van der Waals surface area contributed by atoms with Crippen LogP contribution in [0.3, 0.4) is 0 Å². The second kappa shape index (κ2) is 9.50. The van der Waals surface area contributed by atoms with Gasteiger partial charge in [0.25, 0.3) is 0 Å². The third-order valence-electron chi connectivity index (χ3n) is 8.43. The number of hydrogen-bond donors (Lipinski definition) is 2. The Bertz CT molecular complexity index is 1000. The largest absolute Gasteiger partial charge is 0.369 e. The summed E-state index contributed by atoms with van der Waals surface area (Å²) in [6, 6.07) is 0. The zero-order chi connectivity index (χ0) is 22.9. The van der Waals surface area contributed by atoms with E-state index in [2.05, 4.69) is 52.3 Å². The van der Waals surface area contributed by atoms with Crippen molar-refractivity contribution in [2.75, 3.05) is 5.73 Å². The lowest BCUT2D eigenvalue weighted by molar-refractivity contribution is 0.224. The summed E-state index contributed by atoms with van der Waals surface area (Å²) in [4.78, 5) is 7.84. The van der Waals surface area contributed by atoms with Gasteiger partial charge in [-0.05, 0) is 49.4 Å². The lowest BCUT2D eigenvalue weighted by Crippen LogP contribution is -2.32. The van der Waals surface area contributed by atoms with Gasteiger partial charge in [0, 0.05) is 31.2 Å². The first-order valence-corrected chi connectivity index (χ1v) is 13.3. The fourth-order valence-corrected chi connectivity index (χ4v) is 6.62. The van der Waals surface area contributed by atoms with E-state index in [0.717, 1.165) is 67.7 Å². The van der Waals surface area contributed by atoms with Crippen molar-refractivity contribution in [3.63, 3.8) is 0 Å². The molecule has 182 valence electrons. The molecule has 0 bridgehead atoms. The third kappa shape index (κ3) is 4.88. The minimum Gasteiger partial charge on any atom is -0.369 e. The van der Waals surface area contributed by atoms with Gasteiger partial charge in [0.2, 0.25) is 0 Å². The number of aromatic nitrogens is 8. The van der Waals surface area contributed by atoms with Crippen LogP contribution in [0.4, 0.5) is 5.95 Å². The van der Waals surface area contributed by atoms with E-state index in [1.165, 1.54) is 57.1 Å². The van der Waals surface area contributed by atoms with Crippen molar-refractivity contribution >= 4 is 5.95 Å². The number of imidazole rings is 1. The molecule has 3 aliphatic carbocycles. The number of fused-ring (bicyclic) bond motifs is 1. The summed E-state index contributed by atoms with van der Waals surface area (Å²) in [6.45, 7) is 1.70. The molecule has 2 atom stereocenters. The predicted molar refractivity (Wildman–Crippen MR) is 129 cm³/mol. The van der Waals surface area contributed by atoms with Crippen LogP contribution in [-0.2, 0) is 38.8 Å². The van der Waals surface area contributed by atoms with E-state index in [9.17, 15) is 0 Å². The number of anilines is 1. The molecule has 9 nitrogen and oxygen atoms in total. The molecule has 3 aliphatic rings. The molecular formula is C25H37N9. The molecule has 0 amide bonds. The van der Waals surface area contributed by atoms with Gasteiger partial charge in [-0.2, -0.15) is 0 Å². The van der Waals surface area contributed by atoms with Crippen LogP contribution in [0.1, 0.15) is 74.1 Å². The molecule has 3 heterocycles. The van der Waals surface area contributed by atoms with Crippen molar-refractivity contribution in [3.05, 3.63) is 35.2 Å². The first-order valence-electron chi connectivity index (χ1n) is 13.3. The fraction of sp³-hybridized carbons (Fsp3) is 0.720. The molecule has 3 aromatic heterocycles. The predicted octanol–water partition coefficient (Wildman–Crippen LogP) is 3.37. The zero-order valence-corrected chi connectivity index (χ0v) is 20.1. The van der Waals surface area contributed by atoms with E-state index in [4.69, 9.17) is 5.73 Å². The summed E-state index contributed by atoms with van der Waals surface area (Å²) >= 11 is 0. The number of rotatable bonds is 8. The fourth-order valence-electron chi connectivity index (χ4n) is 6.62. The average Bonchev–Trinajstić information content (AvgIpc) is 3.62. The first kappa shape index (κ1) is 21.8. The molecule has 2 fully saturated rings.